The molecule has 3 fully saturated rings. The SMILES string of the molecule is Cc1c(-c2cc3cc(N(C(=O)O)C4CC5(CCN(C6COC6)CC5)C4)ncc3c(N)c2F)cnc2c1NCCC2. The molecular weight excluding hydrogens is 511 g/mol. The number of likely N-dealkylation sites (tertiary alicyclic amines) is 1. The van der Waals surface area contributed by atoms with Crippen LogP contribution < -0.4 is 16.0 Å². The number of nitrogen functional groups attached to an aromatic ring is 1. The summed E-state index contributed by atoms with van der Waals surface area (Å²) in [6.45, 7) is 6.56. The number of rotatable bonds is 4. The lowest BCUT2D eigenvalue weighted by Crippen LogP contribution is -2.59. The summed E-state index contributed by atoms with van der Waals surface area (Å²) in [6, 6.07) is 3.89. The molecule has 0 bridgehead atoms. The molecule has 0 radical (unpaired) electrons. The minimum absolute atomic E-state index is 0.00437. The highest BCUT2D eigenvalue weighted by atomic mass is 19.1. The number of anilines is 3. The molecule has 9 nitrogen and oxygen atoms in total. The van der Waals surface area contributed by atoms with Gasteiger partial charge in [0.2, 0.25) is 0 Å². The van der Waals surface area contributed by atoms with Gasteiger partial charge in [0.15, 0.2) is 5.82 Å². The molecule has 2 saturated heterocycles. The third-order valence-electron chi connectivity index (χ3n) is 9.73. The van der Waals surface area contributed by atoms with Crippen LogP contribution in [-0.2, 0) is 11.2 Å². The van der Waals surface area contributed by atoms with E-state index in [0.29, 0.717) is 33.8 Å². The summed E-state index contributed by atoms with van der Waals surface area (Å²) in [5.74, 6) is -0.165. The van der Waals surface area contributed by atoms with E-state index in [1.54, 1.807) is 18.3 Å². The molecule has 4 N–H and O–H groups in total. The molecule has 1 spiro atoms. The minimum Gasteiger partial charge on any atom is -0.465 e. The van der Waals surface area contributed by atoms with Gasteiger partial charge in [0, 0.05) is 41.5 Å². The van der Waals surface area contributed by atoms with Crippen molar-refractivity contribution >= 4 is 34.1 Å². The van der Waals surface area contributed by atoms with E-state index in [1.807, 2.05) is 6.92 Å². The van der Waals surface area contributed by atoms with E-state index >= 15 is 4.39 Å². The Hall–Kier alpha value is -3.50. The number of hydrogen-bond donors (Lipinski definition) is 3. The number of aryl methyl sites for hydroxylation is 1. The third-order valence-corrected chi connectivity index (χ3v) is 9.73. The number of nitrogens with one attached hydrogen (secondary N) is 1. The number of pyridine rings is 2. The molecule has 40 heavy (non-hydrogen) atoms. The lowest BCUT2D eigenvalue weighted by molar-refractivity contribution is -0.0921. The number of fused-ring (bicyclic) bond motifs is 2. The molecule has 3 aliphatic heterocycles. The van der Waals surface area contributed by atoms with Gasteiger partial charge in [-0.3, -0.25) is 14.8 Å². The second-order valence-electron chi connectivity index (χ2n) is 12.0. The van der Waals surface area contributed by atoms with Crippen LogP contribution in [0, 0.1) is 18.2 Å². The zero-order valence-corrected chi connectivity index (χ0v) is 22.8. The smallest absolute Gasteiger partial charge is 0.413 e. The molecule has 0 unspecified atom stereocenters. The average Bonchev–Trinajstić information content (AvgIpc) is 2.90. The number of halogens is 1. The maximum absolute atomic E-state index is 15.6. The number of amides is 1. The Morgan fingerprint density at radius 3 is 2.67 bits per heavy atom. The Bertz CT molecular complexity index is 1490. The Morgan fingerprint density at radius 1 is 1.20 bits per heavy atom. The van der Waals surface area contributed by atoms with Crippen LogP contribution >= 0.6 is 0 Å². The van der Waals surface area contributed by atoms with E-state index in [2.05, 4.69) is 20.2 Å². The Labute approximate surface area is 232 Å². The van der Waals surface area contributed by atoms with Gasteiger partial charge in [-0.25, -0.2) is 14.2 Å². The zero-order chi connectivity index (χ0) is 27.6. The second kappa shape index (κ2) is 9.55. The maximum Gasteiger partial charge on any atom is 0.413 e. The first-order valence-corrected chi connectivity index (χ1v) is 14.3. The van der Waals surface area contributed by atoms with E-state index < -0.39 is 11.9 Å². The highest BCUT2D eigenvalue weighted by molar-refractivity contribution is 5.99. The number of carboxylic acid groups (broad SMARTS) is 1. The quantitative estimate of drug-likeness (QED) is 0.399. The number of carbonyl (C=O) groups is 1. The molecule has 4 aliphatic rings. The van der Waals surface area contributed by atoms with Gasteiger partial charge in [0.25, 0.3) is 0 Å². The van der Waals surface area contributed by atoms with Crippen molar-refractivity contribution in [3.63, 3.8) is 0 Å². The Morgan fingerprint density at radius 2 is 1.98 bits per heavy atom. The van der Waals surface area contributed by atoms with Gasteiger partial charge in [-0.05, 0) is 87.0 Å². The summed E-state index contributed by atoms with van der Waals surface area (Å²) >= 11 is 0. The van der Waals surface area contributed by atoms with E-state index in [0.717, 1.165) is 88.3 Å². The predicted molar refractivity (Wildman–Crippen MR) is 152 cm³/mol. The normalized spacial score (nSPS) is 20.9. The first-order valence-electron chi connectivity index (χ1n) is 14.3. The summed E-state index contributed by atoms with van der Waals surface area (Å²) in [6.07, 6.45) is 7.93. The molecule has 10 heteroatoms. The van der Waals surface area contributed by atoms with Crippen molar-refractivity contribution < 1.29 is 19.0 Å². The third kappa shape index (κ3) is 4.07. The topological polar surface area (TPSA) is 117 Å². The molecule has 1 saturated carbocycles. The minimum atomic E-state index is -1.02. The van der Waals surface area contributed by atoms with Gasteiger partial charge in [-0.2, -0.15) is 0 Å². The van der Waals surface area contributed by atoms with Crippen LogP contribution in [-0.4, -0.2) is 71.0 Å². The van der Waals surface area contributed by atoms with Crippen LogP contribution in [0.2, 0.25) is 0 Å². The van der Waals surface area contributed by atoms with Crippen molar-refractivity contribution in [2.75, 3.05) is 48.8 Å². The number of benzene rings is 1. The number of aromatic nitrogens is 2. The standard InChI is InChI=1S/C30H35FN6O3/c1-17-22(13-34-24-3-2-6-33-28(17)24)21-9-18-10-25(35-14-23(18)27(32)26(21)31)37(29(38)39)19-11-30(12-19)4-7-36(8-5-30)20-15-40-16-20/h9-10,13-14,19-20,33H,2-8,11-12,15-16,32H2,1H3,(H,38,39). The van der Waals surface area contributed by atoms with Crippen molar-refractivity contribution in [2.45, 2.75) is 57.5 Å². The summed E-state index contributed by atoms with van der Waals surface area (Å²) in [7, 11) is 0. The molecular formula is C30H35FN6O3. The fraction of sp³-hybridized carbons (Fsp3) is 0.500. The molecule has 210 valence electrons. The summed E-state index contributed by atoms with van der Waals surface area (Å²) in [4.78, 5) is 25.4. The fourth-order valence-electron chi connectivity index (χ4n) is 7.20. The maximum atomic E-state index is 15.6. The molecule has 1 aliphatic carbocycles. The molecule has 0 atom stereocenters. The van der Waals surface area contributed by atoms with E-state index in [9.17, 15) is 9.90 Å². The van der Waals surface area contributed by atoms with Gasteiger partial charge < -0.3 is 20.9 Å². The lowest BCUT2D eigenvalue weighted by atomic mass is 9.60. The summed E-state index contributed by atoms with van der Waals surface area (Å²) in [5, 5.41) is 14.7. The van der Waals surface area contributed by atoms with Crippen LogP contribution in [0.1, 0.15) is 43.4 Å². The lowest BCUT2D eigenvalue weighted by Gasteiger charge is -2.55. The predicted octanol–water partition coefficient (Wildman–Crippen LogP) is 4.81. The van der Waals surface area contributed by atoms with Crippen molar-refractivity contribution in [3.05, 3.63) is 41.6 Å². The molecule has 1 amide bonds. The van der Waals surface area contributed by atoms with Gasteiger partial charge in [0.1, 0.15) is 5.82 Å². The molecule has 5 heterocycles. The fourth-order valence-corrected chi connectivity index (χ4v) is 7.20. The number of hydrogen-bond acceptors (Lipinski definition) is 7. The van der Waals surface area contributed by atoms with E-state index in [-0.39, 0.29) is 17.1 Å². The van der Waals surface area contributed by atoms with Crippen LogP contribution in [0.3, 0.4) is 0 Å². The van der Waals surface area contributed by atoms with Gasteiger partial charge >= 0.3 is 6.09 Å². The van der Waals surface area contributed by atoms with Crippen molar-refractivity contribution in [2.24, 2.45) is 5.41 Å². The van der Waals surface area contributed by atoms with Gasteiger partial charge in [-0.15, -0.1) is 0 Å². The first kappa shape index (κ1) is 25.5. The summed E-state index contributed by atoms with van der Waals surface area (Å²) < 4.78 is 21.0. The molecule has 1 aromatic carbocycles. The van der Waals surface area contributed by atoms with E-state index in [4.69, 9.17) is 10.5 Å². The van der Waals surface area contributed by atoms with Crippen molar-refractivity contribution in [3.8, 4) is 11.1 Å². The first-order chi connectivity index (χ1) is 19.3. The van der Waals surface area contributed by atoms with Crippen LogP contribution in [0.5, 0.6) is 0 Å². The highest BCUT2D eigenvalue weighted by Gasteiger charge is 2.50. The van der Waals surface area contributed by atoms with E-state index in [1.165, 1.54) is 11.1 Å². The Kier molecular flexibility index (Phi) is 6.08. The number of nitrogens with two attached hydrogens (primary N) is 1. The second-order valence-corrected chi connectivity index (χ2v) is 12.0. The largest absolute Gasteiger partial charge is 0.465 e. The molecule has 2 aromatic heterocycles. The zero-order valence-electron chi connectivity index (χ0n) is 22.8. The van der Waals surface area contributed by atoms with Gasteiger partial charge in [-0.1, -0.05) is 0 Å². The van der Waals surface area contributed by atoms with Crippen LogP contribution in [0.4, 0.5) is 26.4 Å². The molecule has 3 aromatic rings. The highest BCUT2D eigenvalue weighted by Crippen LogP contribution is 2.52. The van der Waals surface area contributed by atoms with Crippen LogP contribution in [0.25, 0.3) is 21.9 Å². The number of nitrogens with zero attached hydrogens (tertiary/aromatic N) is 4. The van der Waals surface area contributed by atoms with Gasteiger partial charge in [0.05, 0.1) is 36.3 Å². The van der Waals surface area contributed by atoms with Crippen molar-refractivity contribution in [1.82, 2.24) is 14.9 Å². The Balaban J connectivity index is 1.18. The number of ether oxygens (including phenoxy) is 1. The monoisotopic (exact) mass is 546 g/mol. The average molecular weight is 547 g/mol. The van der Waals surface area contributed by atoms with Crippen molar-refractivity contribution in [1.29, 1.82) is 0 Å². The molecule has 7 rings (SSSR count). The summed E-state index contributed by atoms with van der Waals surface area (Å²) in [5.41, 5.74) is 10.4. The number of piperidine rings is 1. The van der Waals surface area contributed by atoms with Crippen LogP contribution in [0.15, 0.2) is 24.5 Å².